The molecule has 2 heteroatoms. The van der Waals surface area contributed by atoms with Crippen LogP contribution in [0.4, 0.5) is 0 Å². The fraction of sp³-hybridized carbons (Fsp3) is 0.923. The van der Waals surface area contributed by atoms with Crippen molar-refractivity contribution in [1.82, 2.24) is 4.90 Å². The van der Waals surface area contributed by atoms with Crippen LogP contribution in [0.25, 0.3) is 0 Å². The average molecular weight is 211 g/mol. The van der Waals surface area contributed by atoms with Gasteiger partial charge in [0, 0.05) is 24.9 Å². The Morgan fingerprint density at radius 2 is 1.73 bits per heavy atom. The number of carbonyl (C=O) groups excluding carboxylic acids is 1. The highest BCUT2D eigenvalue weighted by molar-refractivity contribution is 5.79. The van der Waals surface area contributed by atoms with E-state index in [-0.39, 0.29) is 0 Å². The van der Waals surface area contributed by atoms with Gasteiger partial charge in [0.2, 0.25) is 0 Å². The molecule has 1 fully saturated rings. The SMILES string of the molecule is CC(N(C)C1CCC(=O)CC1)C(C)(C)C. The predicted molar refractivity (Wildman–Crippen MR) is 63.9 cm³/mol. The second-order valence-corrected chi connectivity index (χ2v) is 5.98. The van der Waals surface area contributed by atoms with E-state index in [0.29, 0.717) is 23.3 Å². The van der Waals surface area contributed by atoms with Crippen LogP contribution in [-0.4, -0.2) is 29.8 Å². The van der Waals surface area contributed by atoms with Gasteiger partial charge in [0.15, 0.2) is 0 Å². The lowest BCUT2D eigenvalue weighted by Crippen LogP contribution is -2.46. The number of hydrogen-bond donors (Lipinski definition) is 0. The van der Waals surface area contributed by atoms with E-state index in [9.17, 15) is 4.79 Å². The first-order valence-electron chi connectivity index (χ1n) is 6.06. The normalized spacial score (nSPS) is 22.1. The van der Waals surface area contributed by atoms with Gasteiger partial charge in [-0.1, -0.05) is 20.8 Å². The molecule has 0 radical (unpaired) electrons. The Labute approximate surface area is 94.0 Å². The van der Waals surface area contributed by atoms with Crippen molar-refractivity contribution in [3.8, 4) is 0 Å². The third-order valence-electron chi connectivity index (χ3n) is 3.95. The van der Waals surface area contributed by atoms with Crippen LogP contribution in [0.15, 0.2) is 0 Å². The van der Waals surface area contributed by atoms with E-state index >= 15 is 0 Å². The number of ketones is 1. The molecule has 0 spiro atoms. The van der Waals surface area contributed by atoms with Gasteiger partial charge in [-0.2, -0.15) is 0 Å². The van der Waals surface area contributed by atoms with Crippen molar-refractivity contribution in [2.45, 2.75) is 65.5 Å². The molecule has 1 unspecified atom stereocenters. The summed E-state index contributed by atoms with van der Waals surface area (Å²) >= 11 is 0. The van der Waals surface area contributed by atoms with Crippen LogP contribution < -0.4 is 0 Å². The first-order valence-corrected chi connectivity index (χ1v) is 6.06. The topological polar surface area (TPSA) is 20.3 Å². The molecule has 2 nitrogen and oxygen atoms in total. The molecule has 0 aromatic heterocycles. The van der Waals surface area contributed by atoms with E-state index in [0.717, 1.165) is 25.7 Å². The van der Waals surface area contributed by atoms with E-state index in [1.807, 2.05) is 0 Å². The molecule has 0 aliphatic heterocycles. The lowest BCUT2D eigenvalue weighted by Gasteiger charge is -2.41. The van der Waals surface area contributed by atoms with Crippen LogP contribution in [0.1, 0.15) is 53.4 Å². The van der Waals surface area contributed by atoms with Crippen molar-refractivity contribution in [3.63, 3.8) is 0 Å². The molecule has 1 saturated carbocycles. The summed E-state index contributed by atoms with van der Waals surface area (Å²) in [5, 5.41) is 0. The Balaban J connectivity index is 2.53. The molecular weight excluding hydrogens is 186 g/mol. The van der Waals surface area contributed by atoms with Gasteiger partial charge < -0.3 is 4.90 Å². The van der Waals surface area contributed by atoms with Crippen molar-refractivity contribution < 1.29 is 4.79 Å². The summed E-state index contributed by atoms with van der Waals surface area (Å²) < 4.78 is 0. The van der Waals surface area contributed by atoms with Gasteiger partial charge >= 0.3 is 0 Å². The largest absolute Gasteiger partial charge is 0.300 e. The summed E-state index contributed by atoms with van der Waals surface area (Å²) in [5.41, 5.74) is 0.316. The van der Waals surface area contributed by atoms with Crippen LogP contribution in [0, 0.1) is 5.41 Å². The first-order chi connectivity index (χ1) is 6.82. The van der Waals surface area contributed by atoms with Gasteiger partial charge in [-0.3, -0.25) is 4.79 Å². The molecule has 0 bridgehead atoms. The van der Waals surface area contributed by atoms with Crippen LogP contribution in [-0.2, 0) is 4.79 Å². The number of rotatable bonds is 2. The highest BCUT2D eigenvalue weighted by Gasteiger charge is 2.30. The molecule has 0 amide bonds. The highest BCUT2D eigenvalue weighted by Crippen LogP contribution is 2.28. The van der Waals surface area contributed by atoms with Gasteiger partial charge in [-0.05, 0) is 32.2 Å². The molecule has 0 aromatic rings. The maximum absolute atomic E-state index is 11.2. The summed E-state index contributed by atoms with van der Waals surface area (Å²) in [6, 6.07) is 1.17. The summed E-state index contributed by atoms with van der Waals surface area (Å²) in [5.74, 6) is 0.447. The molecule has 1 rings (SSSR count). The predicted octanol–water partition coefficient (Wildman–Crippen LogP) is 2.86. The van der Waals surface area contributed by atoms with Crippen LogP contribution in [0.2, 0.25) is 0 Å². The summed E-state index contributed by atoms with van der Waals surface area (Å²) in [4.78, 5) is 13.6. The highest BCUT2D eigenvalue weighted by atomic mass is 16.1. The van der Waals surface area contributed by atoms with Crippen molar-refractivity contribution in [3.05, 3.63) is 0 Å². The fourth-order valence-electron chi connectivity index (χ4n) is 2.26. The summed E-state index contributed by atoms with van der Waals surface area (Å²) in [7, 11) is 2.20. The maximum atomic E-state index is 11.2. The van der Waals surface area contributed by atoms with Crippen LogP contribution in [0.5, 0.6) is 0 Å². The monoisotopic (exact) mass is 211 g/mol. The third-order valence-corrected chi connectivity index (χ3v) is 3.95. The minimum Gasteiger partial charge on any atom is -0.300 e. The fourth-order valence-corrected chi connectivity index (χ4v) is 2.26. The van der Waals surface area contributed by atoms with E-state index in [1.165, 1.54) is 0 Å². The molecule has 0 heterocycles. The molecule has 15 heavy (non-hydrogen) atoms. The number of nitrogens with zero attached hydrogens (tertiary/aromatic N) is 1. The van der Waals surface area contributed by atoms with Gasteiger partial charge in [-0.15, -0.1) is 0 Å². The van der Waals surface area contributed by atoms with Gasteiger partial charge in [0.05, 0.1) is 0 Å². The molecule has 1 aliphatic rings. The van der Waals surface area contributed by atoms with Crippen molar-refractivity contribution in [2.24, 2.45) is 5.41 Å². The second-order valence-electron chi connectivity index (χ2n) is 5.98. The quantitative estimate of drug-likeness (QED) is 0.700. The number of hydrogen-bond acceptors (Lipinski definition) is 2. The standard InChI is InChI=1S/C13H25NO/c1-10(13(2,3)4)14(5)11-6-8-12(15)9-7-11/h10-11H,6-9H2,1-5H3. The lowest BCUT2D eigenvalue weighted by atomic mass is 9.84. The molecular formula is C13H25NO. The van der Waals surface area contributed by atoms with E-state index in [2.05, 4.69) is 39.6 Å². The Kier molecular flexibility index (Phi) is 3.93. The van der Waals surface area contributed by atoms with Gasteiger partial charge in [0.1, 0.15) is 5.78 Å². The second kappa shape index (κ2) is 4.65. The molecule has 1 atom stereocenters. The summed E-state index contributed by atoms with van der Waals surface area (Å²) in [6.07, 6.45) is 3.67. The molecule has 1 aliphatic carbocycles. The van der Waals surface area contributed by atoms with Crippen molar-refractivity contribution in [1.29, 1.82) is 0 Å². The Hall–Kier alpha value is -0.370. The minimum absolute atomic E-state index is 0.316. The zero-order chi connectivity index (χ0) is 11.6. The molecule has 0 N–H and O–H groups in total. The number of carbonyl (C=O) groups is 1. The zero-order valence-electron chi connectivity index (χ0n) is 10.8. The van der Waals surface area contributed by atoms with E-state index in [1.54, 1.807) is 0 Å². The first kappa shape index (κ1) is 12.7. The van der Waals surface area contributed by atoms with Crippen molar-refractivity contribution in [2.75, 3.05) is 7.05 Å². The Morgan fingerprint density at radius 3 is 2.13 bits per heavy atom. The molecule has 88 valence electrons. The molecule has 0 saturated heterocycles. The Bertz CT molecular complexity index is 219. The smallest absolute Gasteiger partial charge is 0.133 e. The third kappa shape index (κ3) is 3.30. The van der Waals surface area contributed by atoms with Crippen molar-refractivity contribution >= 4 is 5.78 Å². The molecule has 0 aromatic carbocycles. The van der Waals surface area contributed by atoms with E-state index in [4.69, 9.17) is 0 Å². The maximum Gasteiger partial charge on any atom is 0.133 e. The number of Topliss-reactive ketones (excluding diaryl/α,β-unsaturated/α-hetero) is 1. The lowest BCUT2D eigenvalue weighted by molar-refractivity contribution is -0.121. The van der Waals surface area contributed by atoms with Gasteiger partial charge in [0.25, 0.3) is 0 Å². The van der Waals surface area contributed by atoms with E-state index < -0.39 is 0 Å². The van der Waals surface area contributed by atoms with Crippen LogP contribution >= 0.6 is 0 Å². The average Bonchev–Trinajstić information content (AvgIpc) is 2.15. The Morgan fingerprint density at radius 1 is 1.27 bits per heavy atom. The van der Waals surface area contributed by atoms with Crippen LogP contribution in [0.3, 0.4) is 0 Å². The summed E-state index contributed by atoms with van der Waals surface area (Å²) in [6.45, 7) is 9.13. The zero-order valence-corrected chi connectivity index (χ0v) is 10.8. The minimum atomic E-state index is 0.316. The van der Waals surface area contributed by atoms with Gasteiger partial charge in [-0.25, -0.2) is 0 Å².